The van der Waals surface area contributed by atoms with Crippen LogP contribution in [0.1, 0.15) is 15.9 Å². The van der Waals surface area contributed by atoms with E-state index in [0.717, 1.165) is 0 Å². The maximum absolute atomic E-state index is 13.9. The Kier molecular flexibility index (Phi) is 2.01. The Hall–Kier alpha value is -2.16. The van der Waals surface area contributed by atoms with Crippen LogP contribution in [0.4, 0.5) is 10.1 Å². The molecule has 0 amide bonds. The van der Waals surface area contributed by atoms with E-state index in [9.17, 15) is 9.18 Å². The molecule has 0 bridgehead atoms. The third kappa shape index (κ3) is 1.22. The molecule has 1 aliphatic carbocycles. The highest BCUT2D eigenvalue weighted by atomic mass is 19.1. The fourth-order valence-electron chi connectivity index (χ4n) is 2.32. The van der Waals surface area contributed by atoms with Crippen molar-refractivity contribution in [1.82, 2.24) is 0 Å². The average Bonchev–Trinajstić information content (AvgIpc) is 2.66. The number of fused-ring (bicyclic) bond motifs is 3. The van der Waals surface area contributed by atoms with Gasteiger partial charge in [0.05, 0.1) is 5.56 Å². The van der Waals surface area contributed by atoms with Crippen molar-refractivity contribution in [3.05, 3.63) is 53.3 Å². The molecule has 3 rings (SSSR count). The fourth-order valence-corrected chi connectivity index (χ4v) is 2.32. The molecule has 1 aliphatic rings. The number of anilines is 1. The number of carbonyl (C=O) groups excluding carboxylic acids is 1. The normalized spacial score (nSPS) is 12.2. The lowest BCUT2D eigenvalue weighted by Crippen LogP contribution is -2.01. The van der Waals surface area contributed by atoms with Gasteiger partial charge in [-0.1, -0.05) is 24.3 Å². The van der Waals surface area contributed by atoms with Crippen LogP contribution < -0.4 is 5.32 Å². The number of rotatable bonds is 1. The summed E-state index contributed by atoms with van der Waals surface area (Å²) in [5, 5.41) is 2.93. The van der Waals surface area contributed by atoms with Crippen LogP contribution in [0.3, 0.4) is 0 Å². The smallest absolute Gasteiger partial charge is 0.196 e. The zero-order chi connectivity index (χ0) is 12.0. The lowest BCUT2D eigenvalue weighted by atomic mass is 10.0. The molecule has 3 heteroatoms. The highest BCUT2D eigenvalue weighted by Crippen LogP contribution is 2.41. The number of carbonyl (C=O) groups is 1. The van der Waals surface area contributed by atoms with Gasteiger partial charge >= 0.3 is 0 Å². The highest BCUT2D eigenvalue weighted by molar-refractivity contribution is 6.24. The van der Waals surface area contributed by atoms with Crippen molar-refractivity contribution in [2.45, 2.75) is 0 Å². The number of halogens is 1. The zero-order valence-corrected chi connectivity index (χ0v) is 9.25. The van der Waals surface area contributed by atoms with Gasteiger partial charge < -0.3 is 5.32 Å². The third-order valence-electron chi connectivity index (χ3n) is 3.09. The van der Waals surface area contributed by atoms with Gasteiger partial charge in [-0.2, -0.15) is 0 Å². The van der Waals surface area contributed by atoms with Gasteiger partial charge in [-0.3, -0.25) is 4.79 Å². The second kappa shape index (κ2) is 3.42. The Balaban J connectivity index is 2.42. The lowest BCUT2D eigenvalue weighted by Gasteiger charge is -2.07. The second-order valence-corrected chi connectivity index (χ2v) is 3.97. The molecule has 0 radical (unpaired) electrons. The number of benzene rings is 2. The molecule has 1 N–H and O–H groups in total. The second-order valence-electron chi connectivity index (χ2n) is 3.97. The molecule has 84 valence electrons. The first-order chi connectivity index (χ1) is 8.24. The Morgan fingerprint density at radius 2 is 1.71 bits per heavy atom. The maximum atomic E-state index is 13.9. The molecule has 17 heavy (non-hydrogen) atoms. The number of nitrogens with one attached hydrogen (secondary N) is 1. The Labute approximate surface area is 98.1 Å². The standard InChI is InChI=1S/C14H10FNO/c1-16-11-7-6-10(15)12-8-4-2-3-5-9(8)14(17)13(11)12/h2-7,16H,1H3. The van der Waals surface area contributed by atoms with Crippen LogP contribution in [0.2, 0.25) is 0 Å². The molecule has 0 heterocycles. The predicted octanol–water partition coefficient (Wildman–Crippen LogP) is 3.08. The lowest BCUT2D eigenvalue weighted by molar-refractivity contribution is 0.104. The summed E-state index contributed by atoms with van der Waals surface area (Å²) < 4.78 is 13.9. The first-order valence-corrected chi connectivity index (χ1v) is 5.38. The van der Waals surface area contributed by atoms with E-state index >= 15 is 0 Å². The van der Waals surface area contributed by atoms with Gasteiger partial charge in [-0.25, -0.2) is 4.39 Å². The van der Waals surface area contributed by atoms with E-state index in [0.29, 0.717) is 27.9 Å². The summed E-state index contributed by atoms with van der Waals surface area (Å²) in [5.41, 5.74) is 2.78. The largest absolute Gasteiger partial charge is 0.388 e. The van der Waals surface area contributed by atoms with E-state index < -0.39 is 0 Å². The van der Waals surface area contributed by atoms with Crippen molar-refractivity contribution < 1.29 is 9.18 Å². The Bertz CT molecular complexity index is 634. The molecular formula is C14H10FNO. The predicted molar refractivity (Wildman–Crippen MR) is 64.8 cm³/mol. The van der Waals surface area contributed by atoms with Gasteiger partial charge in [0.1, 0.15) is 5.82 Å². The van der Waals surface area contributed by atoms with E-state index in [1.807, 2.05) is 6.07 Å². The van der Waals surface area contributed by atoms with Crippen LogP contribution in [-0.4, -0.2) is 12.8 Å². The third-order valence-corrected chi connectivity index (χ3v) is 3.09. The molecule has 0 fully saturated rings. The minimum absolute atomic E-state index is 0.112. The van der Waals surface area contributed by atoms with Gasteiger partial charge in [0.25, 0.3) is 0 Å². The summed E-state index contributed by atoms with van der Waals surface area (Å²) in [4.78, 5) is 12.2. The molecule has 0 aliphatic heterocycles. The number of hydrogen-bond acceptors (Lipinski definition) is 2. The van der Waals surface area contributed by atoms with Crippen LogP contribution in [0, 0.1) is 5.82 Å². The number of ketones is 1. The van der Waals surface area contributed by atoms with Crippen LogP contribution in [0.25, 0.3) is 11.1 Å². The fraction of sp³-hybridized carbons (Fsp3) is 0.0714. The molecule has 2 nitrogen and oxygen atoms in total. The summed E-state index contributed by atoms with van der Waals surface area (Å²) in [6.07, 6.45) is 0. The summed E-state index contributed by atoms with van der Waals surface area (Å²) >= 11 is 0. The van der Waals surface area contributed by atoms with Crippen molar-refractivity contribution in [2.24, 2.45) is 0 Å². The molecule has 0 aromatic heterocycles. The van der Waals surface area contributed by atoms with Crippen LogP contribution in [0.5, 0.6) is 0 Å². The van der Waals surface area contributed by atoms with Crippen molar-refractivity contribution in [2.75, 3.05) is 12.4 Å². The van der Waals surface area contributed by atoms with Crippen molar-refractivity contribution in [3.8, 4) is 11.1 Å². The molecular weight excluding hydrogens is 217 g/mol. The molecule has 0 atom stereocenters. The van der Waals surface area contributed by atoms with E-state index in [1.165, 1.54) is 6.07 Å². The zero-order valence-electron chi connectivity index (χ0n) is 9.25. The summed E-state index contributed by atoms with van der Waals surface area (Å²) in [5.74, 6) is -0.461. The van der Waals surface area contributed by atoms with Crippen molar-refractivity contribution >= 4 is 11.5 Å². The summed E-state index contributed by atoms with van der Waals surface area (Å²) in [6.45, 7) is 0. The average molecular weight is 227 g/mol. The van der Waals surface area contributed by atoms with Gasteiger partial charge in [0.15, 0.2) is 5.78 Å². The van der Waals surface area contributed by atoms with Crippen LogP contribution in [0.15, 0.2) is 36.4 Å². The molecule has 2 aromatic rings. The van der Waals surface area contributed by atoms with Gasteiger partial charge in [0.2, 0.25) is 0 Å². The van der Waals surface area contributed by atoms with E-state index in [2.05, 4.69) is 5.32 Å². The van der Waals surface area contributed by atoms with Gasteiger partial charge in [-0.05, 0) is 17.7 Å². The first-order valence-electron chi connectivity index (χ1n) is 5.38. The topological polar surface area (TPSA) is 29.1 Å². The van der Waals surface area contributed by atoms with Crippen LogP contribution >= 0.6 is 0 Å². The summed E-state index contributed by atoms with van der Waals surface area (Å²) in [6, 6.07) is 10.1. The quantitative estimate of drug-likeness (QED) is 0.692. The van der Waals surface area contributed by atoms with Crippen molar-refractivity contribution in [1.29, 1.82) is 0 Å². The molecule has 0 saturated heterocycles. The van der Waals surface area contributed by atoms with Gasteiger partial charge in [0, 0.05) is 23.9 Å². The maximum Gasteiger partial charge on any atom is 0.196 e. The van der Waals surface area contributed by atoms with Crippen molar-refractivity contribution in [3.63, 3.8) is 0 Å². The SMILES string of the molecule is CNc1ccc(F)c2c1C(=O)c1ccccc1-2. The van der Waals surface area contributed by atoms with E-state index in [4.69, 9.17) is 0 Å². The minimum atomic E-state index is -0.350. The van der Waals surface area contributed by atoms with Gasteiger partial charge in [-0.15, -0.1) is 0 Å². The van der Waals surface area contributed by atoms with E-state index in [1.54, 1.807) is 31.3 Å². The molecule has 0 saturated carbocycles. The Morgan fingerprint density at radius 3 is 2.41 bits per heavy atom. The Morgan fingerprint density at radius 1 is 1.00 bits per heavy atom. The summed E-state index contributed by atoms with van der Waals surface area (Å²) in [7, 11) is 1.73. The molecule has 2 aromatic carbocycles. The molecule has 0 unspecified atom stereocenters. The molecule has 0 spiro atoms. The minimum Gasteiger partial charge on any atom is -0.388 e. The van der Waals surface area contributed by atoms with E-state index in [-0.39, 0.29) is 11.6 Å². The van der Waals surface area contributed by atoms with Crippen LogP contribution in [-0.2, 0) is 0 Å². The number of hydrogen-bond donors (Lipinski definition) is 1. The first kappa shape index (κ1) is 10.0. The monoisotopic (exact) mass is 227 g/mol. The highest BCUT2D eigenvalue weighted by Gasteiger charge is 2.31.